The van der Waals surface area contributed by atoms with E-state index in [9.17, 15) is 14.4 Å². The fourth-order valence-electron chi connectivity index (χ4n) is 3.56. The minimum Gasteiger partial charge on any atom is -0.379 e. The molecule has 158 valence electrons. The van der Waals surface area contributed by atoms with Crippen molar-refractivity contribution in [2.75, 3.05) is 59.0 Å². The Kier molecular flexibility index (Phi) is 7.94. The molecule has 2 saturated heterocycles. The second-order valence-electron chi connectivity index (χ2n) is 7.40. The first kappa shape index (κ1) is 21.2. The number of carbonyl (C=O) groups excluding carboxylic acids is 3. The molecule has 3 heterocycles. The third-order valence-corrected chi connectivity index (χ3v) is 5.39. The van der Waals surface area contributed by atoms with Gasteiger partial charge in [-0.25, -0.2) is 0 Å². The van der Waals surface area contributed by atoms with Crippen LogP contribution in [0.25, 0.3) is 0 Å². The van der Waals surface area contributed by atoms with Crippen LogP contribution in [0.1, 0.15) is 23.2 Å². The maximum atomic E-state index is 12.4. The lowest BCUT2D eigenvalue weighted by atomic mass is 9.96. The van der Waals surface area contributed by atoms with Crippen LogP contribution >= 0.6 is 0 Å². The molecule has 0 saturated carbocycles. The number of amides is 3. The highest BCUT2D eigenvalue weighted by Gasteiger charge is 2.24. The minimum atomic E-state index is -0.596. The number of hydrogen-bond acceptors (Lipinski definition) is 6. The molecule has 0 spiro atoms. The molecule has 0 atom stereocenters. The standard InChI is InChI=1S/C20H29N5O4/c26-18(22-6-9-24-10-12-29-13-11-24)19(27)23-14-16-3-7-25(8-4-16)20(28)17-2-1-5-21-15-17/h1-2,5,15-16H,3-4,6-14H2,(H,22,26)(H,23,27). The quantitative estimate of drug-likeness (QED) is 0.621. The largest absolute Gasteiger partial charge is 0.379 e. The predicted molar refractivity (Wildman–Crippen MR) is 106 cm³/mol. The Morgan fingerprint density at radius 2 is 1.79 bits per heavy atom. The number of hydrogen-bond donors (Lipinski definition) is 2. The normalized spacial score (nSPS) is 18.3. The highest BCUT2D eigenvalue weighted by Crippen LogP contribution is 2.18. The fraction of sp³-hybridized carbons (Fsp3) is 0.600. The van der Waals surface area contributed by atoms with E-state index in [1.807, 2.05) is 4.90 Å². The van der Waals surface area contributed by atoms with Crippen molar-refractivity contribution < 1.29 is 19.1 Å². The molecule has 29 heavy (non-hydrogen) atoms. The number of carbonyl (C=O) groups is 3. The highest BCUT2D eigenvalue weighted by molar-refractivity contribution is 6.35. The summed E-state index contributed by atoms with van der Waals surface area (Å²) < 4.78 is 5.28. The molecule has 0 radical (unpaired) electrons. The molecule has 0 aliphatic carbocycles. The fourth-order valence-corrected chi connectivity index (χ4v) is 3.56. The summed E-state index contributed by atoms with van der Waals surface area (Å²) in [5.41, 5.74) is 0.591. The van der Waals surface area contributed by atoms with Gasteiger partial charge in [0.05, 0.1) is 18.8 Å². The van der Waals surface area contributed by atoms with Crippen LogP contribution in [0.15, 0.2) is 24.5 Å². The van der Waals surface area contributed by atoms with Crippen LogP contribution in [-0.4, -0.2) is 91.5 Å². The molecular weight excluding hydrogens is 374 g/mol. The van der Waals surface area contributed by atoms with Gasteiger partial charge in [-0.2, -0.15) is 0 Å². The average molecular weight is 403 g/mol. The maximum Gasteiger partial charge on any atom is 0.309 e. The Morgan fingerprint density at radius 3 is 2.48 bits per heavy atom. The van der Waals surface area contributed by atoms with Gasteiger partial charge in [-0.1, -0.05) is 0 Å². The summed E-state index contributed by atoms with van der Waals surface area (Å²) >= 11 is 0. The van der Waals surface area contributed by atoms with Crippen molar-refractivity contribution in [1.82, 2.24) is 25.4 Å². The first-order valence-corrected chi connectivity index (χ1v) is 10.2. The number of likely N-dealkylation sites (tertiary alicyclic amines) is 1. The molecule has 0 aromatic carbocycles. The molecule has 3 rings (SSSR count). The molecule has 2 N–H and O–H groups in total. The van der Waals surface area contributed by atoms with Gasteiger partial charge in [0, 0.05) is 58.2 Å². The number of nitrogens with zero attached hydrogens (tertiary/aromatic N) is 3. The second kappa shape index (κ2) is 10.9. The first-order chi connectivity index (χ1) is 14.1. The zero-order valence-electron chi connectivity index (χ0n) is 16.6. The van der Waals surface area contributed by atoms with E-state index in [0.29, 0.717) is 51.5 Å². The number of pyridine rings is 1. The summed E-state index contributed by atoms with van der Waals surface area (Å²) in [6, 6.07) is 3.51. The van der Waals surface area contributed by atoms with Gasteiger partial charge in [-0.3, -0.25) is 24.3 Å². The number of ether oxygens (including phenoxy) is 1. The molecule has 0 bridgehead atoms. The Hall–Kier alpha value is -2.52. The summed E-state index contributed by atoms with van der Waals surface area (Å²) in [5.74, 6) is -0.943. The van der Waals surface area contributed by atoms with Gasteiger partial charge < -0.3 is 20.3 Å². The van der Waals surface area contributed by atoms with Gasteiger partial charge in [0.2, 0.25) is 0 Å². The lowest BCUT2D eigenvalue weighted by molar-refractivity contribution is -0.139. The number of rotatable bonds is 6. The van der Waals surface area contributed by atoms with Crippen molar-refractivity contribution in [3.8, 4) is 0 Å². The molecule has 1 aromatic rings. The third-order valence-electron chi connectivity index (χ3n) is 5.39. The number of morpholine rings is 1. The molecule has 1 aromatic heterocycles. The lowest BCUT2D eigenvalue weighted by Gasteiger charge is -2.32. The topological polar surface area (TPSA) is 104 Å². The summed E-state index contributed by atoms with van der Waals surface area (Å²) in [6.07, 6.45) is 4.81. The average Bonchev–Trinajstić information content (AvgIpc) is 2.78. The van der Waals surface area contributed by atoms with Crippen molar-refractivity contribution in [1.29, 1.82) is 0 Å². The summed E-state index contributed by atoms with van der Waals surface area (Å²) in [5, 5.41) is 5.38. The molecule has 2 aliphatic heterocycles. The van der Waals surface area contributed by atoms with Gasteiger partial charge in [0.25, 0.3) is 5.91 Å². The molecule has 2 fully saturated rings. The zero-order valence-corrected chi connectivity index (χ0v) is 16.6. The van der Waals surface area contributed by atoms with E-state index in [1.54, 1.807) is 24.5 Å². The Balaban J connectivity index is 1.30. The van der Waals surface area contributed by atoms with Crippen molar-refractivity contribution in [3.05, 3.63) is 30.1 Å². The smallest absolute Gasteiger partial charge is 0.309 e. The second-order valence-corrected chi connectivity index (χ2v) is 7.40. The van der Waals surface area contributed by atoms with Crippen LogP contribution < -0.4 is 10.6 Å². The Bertz CT molecular complexity index is 685. The molecular formula is C20H29N5O4. The van der Waals surface area contributed by atoms with E-state index >= 15 is 0 Å². The molecule has 9 heteroatoms. The van der Waals surface area contributed by atoms with E-state index < -0.39 is 11.8 Å². The van der Waals surface area contributed by atoms with Crippen molar-refractivity contribution in [2.45, 2.75) is 12.8 Å². The van der Waals surface area contributed by atoms with Crippen LogP contribution in [0.3, 0.4) is 0 Å². The van der Waals surface area contributed by atoms with Gasteiger partial charge in [-0.15, -0.1) is 0 Å². The SMILES string of the molecule is O=C(NCCN1CCOCC1)C(=O)NCC1CCN(C(=O)c2cccnc2)CC1. The molecule has 9 nitrogen and oxygen atoms in total. The first-order valence-electron chi connectivity index (χ1n) is 10.2. The zero-order chi connectivity index (χ0) is 20.5. The van der Waals surface area contributed by atoms with E-state index in [4.69, 9.17) is 4.74 Å². The monoisotopic (exact) mass is 403 g/mol. The summed E-state index contributed by atoms with van der Waals surface area (Å²) in [7, 11) is 0. The molecule has 3 amide bonds. The van der Waals surface area contributed by atoms with E-state index in [0.717, 1.165) is 25.9 Å². The Morgan fingerprint density at radius 1 is 1.07 bits per heavy atom. The van der Waals surface area contributed by atoms with Crippen LogP contribution in [0.5, 0.6) is 0 Å². The molecule has 0 unspecified atom stereocenters. The van der Waals surface area contributed by atoms with E-state index in [-0.39, 0.29) is 11.8 Å². The number of nitrogens with one attached hydrogen (secondary N) is 2. The van der Waals surface area contributed by atoms with E-state index in [1.165, 1.54) is 0 Å². The van der Waals surface area contributed by atoms with Crippen LogP contribution in [0.4, 0.5) is 0 Å². The van der Waals surface area contributed by atoms with E-state index in [2.05, 4.69) is 20.5 Å². The highest BCUT2D eigenvalue weighted by atomic mass is 16.5. The third kappa shape index (κ3) is 6.50. The lowest BCUT2D eigenvalue weighted by Crippen LogP contribution is -2.46. The van der Waals surface area contributed by atoms with Crippen molar-refractivity contribution in [2.24, 2.45) is 5.92 Å². The maximum absolute atomic E-state index is 12.4. The summed E-state index contributed by atoms with van der Waals surface area (Å²) in [6.45, 7) is 6.01. The summed E-state index contributed by atoms with van der Waals surface area (Å²) in [4.78, 5) is 44.4. The van der Waals surface area contributed by atoms with Crippen molar-refractivity contribution in [3.63, 3.8) is 0 Å². The Labute approximate surface area is 170 Å². The number of aromatic nitrogens is 1. The predicted octanol–water partition coefficient (Wildman–Crippen LogP) is -0.502. The van der Waals surface area contributed by atoms with Gasteiger partial charge in [0.1, 0.15) is 0 Å². The van der Waals surface area contributed by atoms with Crippen LogP contribution in [-0.2, 0) is 14.3 Å². The number of piperidine rings is 1. The van der Waals surface area contributed by atoms with Crippen LogP contribution in [0, 0.1) is 5.92 Å². The minimum absolute atomic E-state index is 0.0137. The van der Waals surface area contributed by atoms with Crippen LogP contribution in [0.2, 0.25) is 0 Å². The van der Waals surface area contributed by atoms with Gasteiger partial charge in [-0.05, 0) is 30.9 Å². The van der Waals surface area contributed by atoms with Gasteiger partial charge in [0.15, 0.2) is 0 Å². The molecule has 2 aliphatic rings. The van der Waals surface area contributed by atoms with Crippen molar-refractivity contribution >= 4 is 17.7 Å². The van der Waals surface area contributed by atoms with Gasteiger partial charge >= 0.3 is 11.8 Å².